The van der Waals surface area contributed by atoms with E-state index in [1.165, 1.54) is 0 Å². The van der Waals surface area contributed by atoms with Gasteiger partial charge in [0.2, 0.25) is 5.91 Å². The Hall–Kier alpha value is -1.82. The Bertz CT molecular complexity index is 469. The maximum absolute atomic E-state index is 11.8. The number of carbonyl (C=O) groups is 1. The highest BCUT2D eigenvalue weighted by molar-refractivity contribution is 6.00. The van der Waals surface area contributed by atoms with Crippen LogP contribution in [0.5, 0.6) is 0 Å². The number of carbonyl (C=O) groups excluding carboxylic acids is 1. The van der Waals surface area contributed by atoms with Crippen LogP contribution < -0.4 is 4.90 Å². The average Bonchev–Trinajstić information content (AvgIpc) is 2.69. The highest BCUT2D eigenvalue weighted by Gasteiger charge is 2.50. The number of fused-ring (bicyclic) bond motifs is 1. The molecule has 0 N–H and O–H groups in total. The third-order valence-corrected chi connectivity index (χ3v) is 3.32. The highest BCUT2D eigenvalue weighted by Crippen LogP contribution is 2.44. The van der Waals surface area contributed by atoms with E-state index >= 15 is 0 Å². The summed E-state index contributed by atoms with van der Waals surface area (Å²) >= 11 is 0. The topological polar surface area (TPSA) is 44.1 Å². The van der Waals surface area contributed by atoms with Crippen LogP contribution >= 0.6 is 0 Å². The van der Waals surface area contributed by atoms with Gasteiger partial charge in [0, 0.05) is 17.6 Å². The fourth-order valence-corrected chi connectivity index (χ4v) is 2.44. The van der Waals surface area contributed by atoms with Gasteiger partial charge in [0.25, 0.3) is 0 Å². The number of amides is 1. The Morgan fingerprint density at radius 3 is 2.80 bits per heavy atom. The Kier molecular flexibility index (Phi) is 1.60. The first-order valence-corrected chi connectivity index (χ1v) is 5.13. The predicted molar refractivity (Wildman–Crippen MR) is 55.2 cm³/mol. The summed E-state index contributed by atoms with van der Waals surface area (Å²) < 4.78 is 0. The first-order chi connectivity index (χ1) is 7.29. The van der Waals surface area contributed by atoms with Crippen molar-refractivity contribution in [2.24, 2.45) is 5.92 Å². The lowest BCUT2D eigenvalue weighted by Crippen LogP contribution is -2.29. The van der Waals surface area contributed by atoms with Gasteiger partial charge in [0.15, 0.2) is 0 Å². The van der Waals surface area contributed by atoms with Gasteiger partial charge in [0.1, 0.15) is 0 Å². The largest absolute Gasteiger partial charge is 0.309 e. The second kappa shape index (κ2) is 2.83. The molecule has 3 heteroatoms. The molecule has 4 rings (SSSR count). The summed E-state index contributed by atoms with van der Waals surface area (Å²) in [4.78, 5) is 13.6. The molecule has 15 heavy (non-hydrogen) atoms. The quantitative estimate of drug-likeness (QED) is 0.689. The van der Waals surface area contributed by atoms with Crippen molar-refractivity contribution in [3.63, 3.8) is 0 Å². The van der Waals surface area contributed by atoms with Gasteiger partial charge < -0.3 is 4.90 Å². The smallest absolute Gasteiger partial charge is 0.230 e. The second-order valence-electron chi connectivity index (χ2n) is 4.19. The van der Waals surface area contributed by atoms with Crippen LogP contribution in [0.25, 0.3) is 0 Å². The number of hydrogen-bond donors (Lipinski definition) is 0. The van der Waals surface area contributed by atoms with E-state index in [9.17, 15) is 4.79 Å². The van der Waals surface area contributed by atoms with E-state index in [0.717, 1.165) is 18.5 Å². The lowest BCUT2D eigenvalue weighted by molar-refractivity contribution is -0.119. The summed E-state index contributed by atoms with van der Waals surface area (Å²) in [6.07, 6.45) is 1.99. The molecule has 0 aromatic heterocycles. The highest BCUT2D eigenvalue weighted by atomic mass is 16.2. The van der Waals surface area contributed by atoms with Crippen molar-refractivity contribution in [3.8, 4) is 6.07 Å². The van der Waals surface area contributed by atoms with Crippen LogP contribution in [0.3, 0.4) is 0 Å². The molecule has 1 amide bonds. The van der Waals surface area contributed by atoms with Crippen LogP contribution in [0.15, 0.2) is 24.3 Å². The first kappa shape index (κ1) is 8.49. The van der Waals surface area contributed by atoms with Gasteiger partial charge in [-0.1, -0.05) is 6.07 Å². The molecule has 2 bridgehead atoms. The molecule has 0 radical (unpaired) electrons. The molecule has 1 aliphatic carbocycles. The maximum atomic E-state index is 11.8. The molecule has 74 valence electrons. The summed E-state index contributed by atoms with van der Waals surface area (Å²) in [6, 6.07) is 9.76. The van der Waals surface area contributed by atoms with Gasteiger partial charge in [-0.25, -0.2) is 0 Å². The number of hydrogen-bond acceptors (Lipinski definition) is 2. The molecule has 3 nitrogen and oxygen atoms in total. The maximum Gasteiger partial charge on any atom is 0.230 e. The third-order valence-electron chi connectivity index (χ3n) is 3.32. The van der Waals surface area contributed by atoms with E-state index < -0.39 is 0 Å². The van der Waals surface area contributed by atoms with E-state index in [4.69, 9.17) is 5.26 Å². The lowest BCUT2D eigenvalue weighted by Gasteiger charge is -2.24. The van der Waals surface area contributed by atoms with Crippen molar-refractivity contribution in [2.75, 3.05) is 4.90 Å². The Balaban J connectivity index is 2.00. The van der Waals surface area contributed by atoms with Gasteiger partial charge in [-0.05, 0) is 31.0 Å². The van der Waals surface area contributed by atoms with Crippen molar-refractivity contribution in [2.45, 2.75) is 18.9 Å². The molecule has 1 aromatic carbocycles. The molecular weight excluding hydrogens is 188 g/mol. The predicted octanol–water partition coefficient (Wildman–Crippen LogP) is 1.68. The SMILES string of the molecule is N#Cc1cccc(N2C(=O)C3CC2C3)c1. The van der Waals surface area contributed by atoms with Crippen LogP contribution in [0.4, 0.5) is 5.69 Å². The molecule has 1 saturated carbocycles. The number of benzene rings is 1. The number of anilines is 1. The van der Waals surface area contributed by atoms with Crippen molar-refractivity contribution < 1.29 is 4.79 Å². The van der Waals surface area contributed by atoms with Crippen LogP contribution in [0.1, 0.15) is 18.4 Å². The molecule has 2 aliphatic heterocycles. The van der Waals surface area contributed by atoms with Crippen LogP contribution in [0, 0.1) is 17.2 Å². The van der Waals surface area contributed by atoms with Gasteiger partial charge in [-0.3, -0.25) is 4.79 Å². The average molecular weight is 198 g/mol. The third kappa shape index (κ3) is 1.08. The summed E-state index contributed by atoms with van der Waals surface area (Å²) in [6.45, 7) is 0. The van der Waals surface area contributed by atoms with E-state index in [2.05, 4.69) is 6.07 Å². The number of nitrogens with zero attached hydrogens (tertiary/aromatic N) is 2. The zero-order chi connectivity index (χ0) is 10.4. The van der Waals surface area contributed by atoms with Gasteiger partial charge >= 0.3 is 0 Å². The number of nitriles is 1. The number of rotatable bonds is 1. The molecule has 2 heterocycles. The summed E-state index contributed by atoms with van der Waals surface area (Å²) in [5.74, 6) is 0.482. The zero-order valence-electron chi connectivity index (χ0n) is 8.18. The standard InChI is InChI=1S/C12H10N2O/c13-7-8-2-1-3-10(4-8)14-11-5-9(6-11)12(14)15/h1-4,9,11H,5-6H2. The molecule has 3 aliphatic rings. The zero-order valence-corrected chi connectivity index (χ0v) is 8.18. The first-order valence-electron chi connectivity index (χ1n) is 5.13. The van der Waals surface area contributed by atoms with E-state index in [0.29, 0.717) is 11.6 Å². The van der Waals surface area contributed by atoms with Crippen molar-refractivity contribution in [3.05, 3.63) is 29.8 Å². The lowest BCUT2D eigenvalue weighted by atomic mass is 9.86. The minimum atomic E-state index is 0.232. The van der Waals surface area contributed by atoms with Crippen LogP contribution in [0.2, 0.25) is 0 Å². The molecule has 0 unspecified atom stereocenters. The summed E-state index contributed by atoms with van der Waals surface area (Å²) in [5, 5.41) is 8.79. The van der Waals surface area contributed by atoms with Crippen molar-refractivity contribution in [1.82, 2.24) is 0 Å². The van der Waals surface area contributed by atoms with Crippen molar-refractivity contribution in [1.29, 1.82) is 5.26 Å². The summed E-state index contributed by atoms with van der Waals surface area (Å²) in [5.41, 5.74) is 1.49. The second-order valence-corrected chi connectivity index (χ2v) is 4.19. The van der Waals surface area contributed by atoms with Gasteiger partial charge in [0.05, 0.1) is 11.6 Å². The van der Waals surface area contributed by atoms with E-state index in [1.54, 1.807) is 12.1 Å². The van der Waals surface area contributed by atoms with Gasteiger partial charge in [-0.15, -0.1) is 0 Å². The van der Waals surface area contributed by atoms with Crippen LogP contribution in [-0.2, 0) is 4.79 Å². The molecule has 2 saturated heterocycles. The fourth-order valence-electron chi connectivity index (χ4n) is 2.44. The minimum absolute atomic E-state index is 0.232. The molecule has 3 fully saturated rings. The Morgan fingerprint density at radius 1 is 1.40 bits per heavy atom. The normalized spacial score (nSPS) is 27.4. The van der Waals surface area contributed by atoms with Crippen molar-refractivity contribution >= 4 is 11.6 Å². The van der Waals surface area contributed by atoms with Gasteiger partial charge in [-0.2, -0.15) is 5.26 Å². The molecule has 1 aromatic rings. The van der Waals surface area contributed by atoms with E-state index in [1.807, 2.05) is 17.0 Å². The molecule has 0 spiro atoms. The summed E-state index contributed by atoms with van der Waals surface area (Å²) in [7, 11) is 0. The monoisotopic (exact) mass is 198 g/mol. The fraction of sp³-hybridized carbons (Fsp3) is 0.333. The van der Waals surface area contributed by atoms with E-state index in [-0.39, 0.29) is 11.8 Å². The molecular formula is C12H10N2O. The molecule has 0 atom stereocenters. The Morgan fingerprint density at radius 2 is 2.20 bits per heavy atom. The Labute approximate surface area is 87.9 Å². The minimum Gasteiger partial charge on any atom is -0.309 e. The van der Waals surface area contributed by atoms with Crippen LogP contribution in [-0.4, -0.2) is 11.9 Å².